The minimum absolute atomic E-state index is 0.0483. The van der Waals surface area contributed by atoms with Crippen LogP contribution >= 0.6 is 0 Å². The van der Waals surface area contributed by atoms with Gasteiger partial charge < -0.3 is 19.7 Å². The number of hydrogen-bond acceptors (Lipinski definition) is 5. The van der Waals surface area contributed by atoms with Gasteiger partial charge >= 0.3 is 5.97 Å². The van der Waals surface area contributed by atoms with Gasteiger partial charge in [0.25, 0.3) is 0 Å². The summed E-state index contributed by atoms with van der Waals surface area (Å²) in [5.41, 5.74) is 1.24. The fraction of sp³-hybridized carbons (Fsp3) is 0.286. The molecule has 0 bridgehead atoms. The lowest BCUT2D eigenvalue weighted by molar-refractivity contribution is -0.120. The lowest BCUT2D eigenvalue weighted by Crippen LogP contribution is -2.36. The Balaban J connectivity index is 2.19. The molecule has 2 rings (SSSR count). The van der Waals surface area contributed by atoms with Gasteiger partial charge in [-0.05, 0) is 44.2 Å². The van der Waals surface area contributed by atoms with Crippen LogP contribution in [0, 0.1) is 0 Å². The van der Waals surface area contributed by atoms with Gasteiger partial charge in [-0.3, -0.25) is 9.59 Å². The highest BCUT2D eigenvalue weighted by Gasteiger charge is 2.18. The highest BCUT2D eigenvalue weighted by atomic mass is 16.5. The summed E-state index contributed by atoms with van der Waals surface area (Å²) in [5.74, 6) is -0.690. The van der Waals surface area contributed by atoms with Crippen molar-refractivity contribution in [2.24, 2.45) is 0 Å². The van der Waals surface area contributed by atoms with E-state index in [0.717, 1.165) is 0 Å². The Morgan fingerprint density at radius 1 is 1.07 bits per heavy atom. The first-order valence-electron chi connectivity index (χ1n) is 8.83. The van der Waals surface area contributed by atoms with Crippen LogP contribution in [0.5, 0.6) is 5.75 Å². The summed E-state index contributed by atoms with van der Waals surface area (Å²) in [4.78, 5) is 37.7. The van der Waals surface area contributed by atoms with Gasteiger partial charge in [0.15, 0.2) is 0 Å². The third-order valence-corrected chi connectivity index (χ3v) is 3.78. The van der Waals surface area contributed by atoms with Crippen molar-refractivity contribution in [3.8, 4) is 5.75 Å². The van der Waals surface area contributed by atoms with E-state index < -0.39 is 11.9 Å². The zero-order chi connectivity index (χ0) is 20.7. The highest BCUT2D eigenvalue weighted by Crippen LogP contribution is 2.25. The number of methoxy groups -OCH3 is 1. The standard InChI is InChI=1S/C21H24N2O5/c1-14(2)28-19-11-6-5-10-18(19)22-20(25)13-23(15(3)24)17-9-7-8-16(12-17)21(26)27-4/h5-12,14H,13H2,1-4H3,(H,22,25). The largest absolute Gasteiger partial charge is 0.489 e. The monoisotopic (exact) mass is 384 g/mol. The normalized spacial score (nSPS) is 10.3. The molecule has 2 amide bonds. The zero-order valence-electron chi connectivity index (χ0n) is 16.4. The van der Waals surface area contributed by atoms with Gasteiger partial charge in [0.2, 0.25) is 11.8 Å². The van der Waals surface area contributed by atoms with Crippen molar-refractivity contribution in [3.63, 3.8) is 0 Å². The van der Waals surface area contributed by atoms with E-state index in [0.29, 0.717) is 22.7 Å². The van der Waals surface area contributed by atoms with Gasteiger partial charge in [-0.1, -0.05) is 18.2 Å². The van der Waals surface area contributed by atoms with Crippen molar-refractivity contribution in [1.82, 2.24) is 0 Å². The molecule has 28 heavy (non-hydrogen) atoms. The number of esters is 1. The molecule has 0 aliphatic carbocycles. The van der Waals surface area contributed by atoms with Crippen LogP contribution < -0.4 is 15.0 Å². The number of anilines is 2. The zero-order valence-corrected chi connectivity index (χ0v) is 16.4. The van der Waals surface area contributed by atoms with Crippen LogP contribution in [0.4, 0.5) is 11.4 Å². The molecule has 0 saturated carbocycles. The van der Waals surface area contributed by atoms with Crippen molar-refractivity contribution in [2.75, 3.05) is 23.9 Å². The first-order chi connectivity index (χ1) is 13.3. The minimum Gasteiger partial charge on any atom is -0.489 e. The van der Waals surface area contributed by atoms with E-state index in [9.17, 15) is 14.4 Å². The highest BCUT2D eigenvalue weighted by molar-refractivity contribution is 6.03. The van der Waals surface area contributed by atoms with Crippen LogP contribution in [0.25, 0.3) is 0 Å². The van der Waals surface area contributed by atoms with Gasteiger partial charge in [-0.25, -0.2) is 4.79 Å². The molecule has 148 valence electrons. The maximum atomic E-state index is 12.6. The smallest absolute Gasteiger partial charge is 0.337 e. The average molecular weight is 384 g/mol. The summed E-state index contributed by atoms with van der Waals surface area (Å²) in [6, 6.07) is 13.4. The third-order valence-electron chi connectivity index (χ3n) is 3.78. The predicted molar refractivity (Wildman–Crippen MR) is 107 cm³/mol. The Bertz CT molecular complexity index is 863. The number of carbonyl (C=O) groups excluding carboxylic acids is 3. The van der Waals surface area contributed by atoms with Gasteiger partial charge in [0.05, 0.1) is 24.5 Å². The fourth-order valence-corrected chi connectivity index (χ4v) is 2.56. The quantitative estimate of drug-likeness (QED) is 0.741. The van der Waals surface area contributed by atoms with Crippen LogP contribution in [-0.2, 0) is 14.3 Å². The maximum Gasteiger partial charge on any atom is 0.337 e. The van der Waals surface area contributed by atoms with Crippen LogP contribution in [0.15, 0.2) is 48.5 Å². The molecule has 1 N–H and O–H groups in total. The first kappa shape index (κ1) is 21.0. The molecule has 0 heterocycles. The van der Waals surface area contributed by atoms with Crippen LogP contribution in [0.2, 0.25) is 0 Å². The molecule has 7 heteroatoms. The molecule has 2 aromatic rings. The Labute approximate surface area is 164 Å². The summed E-state index contributed by atoms with van der Waals surface area (Å²) < 4.78 is 10.4. The molecule has 0 saturated heterocycles. The van der Waals surface area contributed by atoms with Gasteiger partial charge in [0.1, 0.15) is 12.3 Å². The SMILES string of the molecule is COC(=O)c1cccc(N(CC(=O)Nc2ccccc2OC(C)C)C(C)=O)c1. The van der Waals surface area contributed by atoms with Gasteiger partial charge in [-0.2, -0.15) is 0 Å². The number of carbonyl (C=O) groups is 3. The molecule has 0 spiro atoms. The van der Waals surface area contributed by atoms with E-state index in [1.807, 2.05) is 19.9 Å². The summed E-state index contributed by atoms with van der Waals surface area (Å²) in [7, 11) is 1.28. The number of hydrogen-bond donors (Lipinski definition) is 1. The average Bonchev–Trinajstić information content (AvgIpc) is 2.66. The Morgan fingerprint density at radius 3 is 2.43 bits per heavy atom. The molecule has 7 nitrogen and oxygen atoms in total. The molecule has 0 atom stereocenters. The number of para-hydroxylation sites is 2. The van der Waals surface area contributed by atoms with Crippen LogP contribution in [0.3, 0.4) is 0 Å². The summed E-state index contributed by atoms with van der Waals surface area (Å²) >= 11 is 0. The number of amides is 2. The Hall–Kier alpha value is -3.35. The second-order valence-corrected chi connectivity index (χ2v) is 6.36. The summed E-state index contributed by atoms with van der Waals surface area (Å²) in [6.07, 6.45) is -0.0483. The van der Waals surface area contributed by atoms with Crippen molar-refractivity contribution in [2.45, 2.75) is 26.9 Å². The molecule has 2 aromatic carbocycles. The minimum atomic E-state index is -0.519. The van der Waals surface area contributed by atoms with E-state index >= 15 is 0 Å². The predicted octanol–water partition coefficient (Wildman–Crippen LogP) is 3.25. The number of nitrogens with zero attached hydrogens (tertiary/aromatic N) is 1. The second-order valence-electron chi connectivity index (χ2n) is 6.36. The maximum absolute atomic E-state index is 12.6. The van der Waals surface area contributed by atoms with Crippen molar-refractivity contribution < 1.29 is 23.9 Å². The van der Waals surface area contributed by atoms with E-state index in [-0.39, 0.29) is 18.6 Å². The fourth-order valence-electron chi connectivity index (χ4n) is 2.56. The van der Waals surface area contributed by atoms with Crippen LogP contribution in [-0.4, -0.2) is 37.5 Å². The number of ether oxygens (including phenoxy) is 2. The van der Waals surface area contributed by atoms with E-state index in [1.54, 1.807) is 36.4 Å². The van der Waals surface area contributed by atoms with E-state index in [4.69, 9.17) is 9.47 Å². The molecule has 0 aliphatic rings. The number of benzene rings is 2. The Kier molecular flexibility index (Phi) is 7.14. The number of nitrogens with one attached hydrogen (secondary N) is 1. The molecule has 0 aromatic heterocycles. The van der Waals surface area contributed by atoms with Crippen molar-refractivity contribution in [1.29, 1.82) is 0 Å². The molecule has 0 fully saturated rings. The lowest BCUT2D eigenvalue weighted by Gasteiger charge is -2.22. The summed E-state index contributed by atoms with van der Waals surface area (Å²) in [5, 5.41) is 2.77. The van der Waals surface area contributed by atoms with Crippen LogP contribution in [0.1, 0.15) is 31.1 Å². The summed E-state index contributed by atoms with van der Waals surface area (Å²) in [6.45, 7) is 4.93. The molecule has 0 unspecified atom stereocenters. The molecular weight excluding hydrogens is 360 g/mol. The van der Waals surface area contributed by atoms with Crippen molar-refractivity contribution in [3.05, 3.63) is 54.1 Å². The second kappa shape index (κ2) is 9.55. The molecule has 0 radical (unpaired) electrons. The third kappa shape index (κ3) is 5.57. The van der Waals surface area contributed by atoms with Crippen molar-refractivity contribution >= 4 is 29.2 Å². The topological polar surface area (TPSA) is 84.9 Å². The molecular formula is C21H24N2O5. The molecule has 0 aliphatic heterocycles. The number of rotatable bonds is 7. The van der Waals surface area contributed by atoms with E-state index in [1.165, 1.54) is 25.0 Å². The van der Waals surface area contributed by atoms with E-state index in [2.05, 4.69) is 5.32 Å². The lowest BCUT2D eigenvalue weighted by atomic mass is 10.2. The van der Waals surface area contributed by atoms with Gasteiger partial charge in [-0.15, -0.1) is 0 Å². The van der Waals surface area contributed by atoms with Gasteiger partial charge in [0, 0.05) is 12.6 Å². The first-order valence-corrected chi connectivity index (χ1v) is 8.83. The Morgan fingerprint density at radius 2 is 1.79 bits per heavy atom.